The van der Waals surface area contributed by atoms with E-state index in [2.05, 4.69) is 25.7 Å². The van der Waals surface area contributed by atoms with E-state index in [1.165, 1.54) is 6.33 Å². The normalized spacial score (nSPS) is 12.2. The average Bonchev–Trinajstić information content (AvgIpc) is 3.12. The number of methoxy groups -OCH3 is 1. The lowest BCUT2D eigenvalue weighted by atomic mass is 10.1. The lowest BCUT2D eigenvalue weighted by Gasteiger charge is -2.24. The molecule has 0 aliphatic rings. The summed E-state index contributed by atoms with van der Waals surface area (Å²) in [6.45, 7) is 8.20. The summed E-state index contributed by atoms with van der Waals surface area (Å²) in [5, 5.41) is 10.7. The minimum Gasteiger partial charge on any atom is -0.377 e. The minimum atomic E-state index is -0.240. The highest BCUT2D eigenvalue weighted by atomic mass is 16.5. The van der Waals surface area contributed by atoms with Crippen LogP contribution in [-0.2, 0) is 11.3 Å². The summed E-state index contributed by atoms with van der Waals surface area (Å²) in [4.78, 5) is 8.57. The summed E-state index contributed by atoms with van der Waals surface area (Å²) in [7, 11) is 1.71. The van der Waals surface area contributed by atoms with Crippen molar-refractivity contribution in [1.82, 2.24) is 25.4 Å². The standard InChI is InChI=1S/C17H26N6O/c1-5-19-16(21-11-17(2,3)24-4)20-10-14-6-8-15(9-7-14)23-13-18-12-22-23/h6-9,12-13H,5,10-11H2,1-4H3,(H2,19,20,21). The molecule has 7 nitrogen and oxygen atoms in total. The highest BCUT2D eigenvalue weighted by Gasteiger charge is 2.16. The van der Waals surface area contributed by atoms with Crippen LogP contribution in [0, 0.1) is 0 Å². The first-order valence-corrected chi connectivity index (χ1v) is 8.05. The molecule has 0 amide bonds. The lowest BCUT2D eigenvalue weighted by Crippen LogP contribution is -2.45. The summed E-state index contributed by atoms with van der Waals surface area (Å²) < 4.78 is 7.15. The Balaban J connectivity index is 1.97. The molecule has 0 saturated carbocycles. The van der Waals surface area contributed by atoms with Gasteiger partial charge in [-0.25, -0.2) is 14.7 Å². The molecule has 0 fully saturated rings. The van der Waals surface area contributed by atoms with E-state index in [4.69, 9.17) is 4.74 Å². The van der Waals surface area contributed by atoms with Crippen LogP contribution in [0.2, 0.25) is 0 Å². The fraction of sp³-hybridized carbons (Fsp3) is 0.471. The third-order valence-electron chi connectivity index (χ3n) is 3.62. The van der Waals surface area contributed by atoms with Crippen LogP contribution in [0.3, 0.4) is 0 Å². The number of benzene rings is 1. The molecule has 7 heteroatoms. The lowest BCUT2D eigenvalue weighted by molar-refractivity contribution is 0.0268. The van der Waals surface area contributed by atoms with Gasteiger partial charge in [-0.05, 0) is 38.5 Å². The molecule has 24 heavy (non-hydrogen) atoms. The fourth-order valence-electron chi connectivity index (χ4n) is 1.98. The van der Waals surface area contributed by atoms with Crippen molar-refractivity contribution in [2.45, 2.75) is 32.9 Å². The van der Waals surface area contributed by atoms with Gasteiger partial charge in [-0.3, -0.25) is 0 Å². The number of aromatic nitrogens is 3. The third kappa shape index (κ3) is 5.34. The number of hydrogen-bond donors (Lipinski definition) is 2. The SMILES string of the molecule is CCNC(=NCc1ccc(-n2cncn2)cc1)NCC(C)(C)OC. The maximum absolute atomic E-state index is 5.42. The molecule has 0 atom stereocenters. The minimum absolute atomic E-state index is 0.240. The Hall–Kier alpha value is -2.41. The van der Waals surface area contributed by atoms with E-state index in [1.807, 2.05) is 45.0 Å². The van der Waals surface area contributed by atoms with Crippen LogP contribution in [0.4, 0.5) is 0 Å². The first-order valence-electron chi connectivity index (χ1n) is 8.05. The number of rotatable bonds is 7. The fourth-order valence-corrected chi connectivity index (χ4v) is 1.98. The molecule has 0 bridgehead atoms. The smallest absolute Gasteiger partial charge is 0.191 e. The van der Waals surface area contributed by atoms with Crippen molar-refractivity contribution < 1.29 is 4.74 Å². The summed E-state index contributed by atoms with van der Waals surface area (Å²) in [6, 6.07) is 8.11. The third-order valence-corrected chi connectivity index (χ3v) is 3.62. The zero-order valence-electron chi connectivity index (χ0n) is 14.8. The van der Waals surface area contributed by atoms with E-state index in [-0.39, 0.29) is 5.60 Å². The molecule has 1 aromatic carbocycles. The van der Waals surface area contributed by atoms with Gasteiger partial charge >= 0.3 is 0 Å². The first-order chi connectivity index (χ1) is 11.5. The Morgan fingerprint density at radius 2 is 2.00 bits per heavy atom. The van der Waals surface area contributed by atoms with Gasteiger partial charge in [-0.1, -0.05) is 12.1 Å². The van der Waals surface area contributed by atoms with E-state index < -0.39 is 0 Å². The van der Waals surface area contributed by atoms with Crippen LogP contribution in [0.25, 0.3) is 5.69 Å². The van der Waals surface area contributed by atoms with Gasteiger partial charge in [-0.2, -0.15) is 5.10 Å². The van der Waals surface area contributed by atoms with E-state index >= 15 is 0 Å². The monoisotopic (exact) mass is 330 g/mol. The Bertz CT molecular complexity index is 634. The molecule has 2 N–H and O–H groups in total. The first kappa shape index (κ1) is 17.9. The van der Waals surface area contributed by atoms with Crippen LogP contribution in [0.1, 0.15) is 26.3 Å². The predicted molar refractivity (Wildman–Crippen MR) is 95.3 cm³/mol. The van der Waals surface area contributed by atoms with Gasteiger partial charge < -0.3 is 15.4 Å². The number of nitrogens with zero attached hydrogens (tertiary/aromatic N) is 4. The molecular weight excluding hydrogens is 304 g/mol. The topological polar surface area (TPSA) is 76.4 Å². The van der Waals surface area contributed by atoms with Crippen molar-refractivity contribution in [2.24, 2.45) is 4.99 Å². The molecule has 0 aliphatic carbocycles. The van der Waals surface area contributed by atoms with Gasteiger partial charge in [0.05, 0.1) is 17.8 Å². The van der Waals surface area contributed by atoms with Crippen LogP contribution < -0.4 is 10.6 Å². The summed E-state index contributed by atoms with van der Waals surface area (Å²) in [5.41, 5.74) is 1.87. The summed E-state index contributed by atoms with van der Waals surface area (Å²) in [6.07, 6.45) is 3.20. The maximum atomic E-state index is 5.42. The van der Waals surface area contributed by atoms with Crippen molar-refractivity contribution >= 4 is 5.96 Å². The van der Waals surface area contributed by atoms with Crippen LogP contribution in [0.15, 0.2) is 41.9 Å². The van der Waals surface area contributed by atoms with Crippen molar-refractivity contribution in [2.75, 3.05) is 20.2 Å². The molecule has 0 aliphatic heterocycles. The highest BCUT2D eigenvalue weighted by Crippen LogP contribution is 2.09. The summed E-state index contributed by atoms with van der Waals surface area (Å²) in [5.74, 6) is 0.781. The molecular formula is C17H26N6O. The zero-order valence-corrected chi connectivity index (χ0v) is 14.8. The van der Waals surface area contributed by atoms with Crippen molar-refractivity contribution in [3.05, 3.63) is 42.5 Å². The number of ether oxygens (including phenoxy) is 1. The molecule has 0 spiro atoms. The van der Waals surface area contributed by atoms with E-state index in [9.17, 15) is 0 Å². The Labute approximate surface area is 143 Å². The Morgan fingerprint density at radius 3 is 2.58 bits per heavy atom. The number of nitrogens with one attached hydrogen (secondary N) is 2. The molecule has 130 valence electrons. The largest absolute Gasteiger partial charge is 0.377 e. The molecule has 0 radical (unpaired) electrons. The van der Waals surface area contributed by atoms with Gasteiger partial charge in [0.1, 0.15) is 12.7 Å². The van der Waals surface area contributed by atoms with Crippen LogP contribution in [-0.4, -0.2) is 46.5 Å². The molecule has 2 aromatic rings. The summed E-state index contributed by atoms with van der Waals surface area (Å²) >= 11 is 0. The molecule has 2 rings (SSSR count). The van der Waals surface area contributed by atoms with E-state index in [1.54, 1.807) is 18.1 Å². The Kier molecular flexibility index (Phi) is 6.31. The second-order valence-corrected chi connectivity index (χ2v) is 6.02. The molecule has 0 saturated heterocycles. The quantitative estimate of drug-likeness (QED) is 0.597. The van der Waals surface area contributed by atoms with E-state index in [0.717, 1.165) is 23.8 Å². The molecule has 1 aromatic heterocycles. The van der Waals surface area contributed by atoms with Crippen LogP contribution >= 0.6 is 0 Å². The van der Waals surface area contributed by atoms with Crippen molar-refractivity contribution in [1.29, 1.82) is 0 Å². The second kappa shape index (κ2) is 8.44. The predicted octanol–water partition coefficient (Wildman–Crippen LogP) is 1.75. The van der Waals surface area contributed by atoms with Gasteiger partial charge in [0.2, 0.25) is 0 Å². The van der Waals surface area contributed by atoms with Crippen molar-refractivity contribution in [3.8, 4) is 5.69 Å². The maximum Gasteiger partial charge on any atom is 0.191 e. The van der Waals surface area contributed by atoms with Gasteiger partial charge in [0, 0.05) is 20.2 Å². The molecule has 0 unspecified atom stereocenters. The van der Waals surface area contributed by atoms with Crippen molar-refractivity contribution in [3.63, 3.8) is 0 Å². The highest BCUT2D eigenvalue weighted by molar-refractivity contribution is 5.79. The molecule has 1 heterocycles. The van der Waals surface area contributed by atoms with Gasteiger partial charge in [0.15, 0.2) is 5.96 Å². The number of hydrogen-bond acceptors (Lipinski definition) is 4. The van der Waals surface area contributed by atoms with Gasteiger partial charge in [-0.15, -0.1) is 0 Å². The Morgan fingerprint density at radius 1 is 1.25 bits per heavy atom. The number of aliphatic imine (C=N–C) groups is 1. The number of guanidine groups is 1. The van der Waals surface area contributed by atoms with Gasteiger partial charge in [0.25, 0.3) is 0 Å². The van der Waals surface area contributed by atoms with Crippen LogP contribution in [0.5, 0.6) is 0 Å². The average molecular weight is 330 g/mol. The zero-order chi connectivity index (χ0) is 17.4. The van der Waals surface area contributed by atoms with E-state index in [0.29, 0.717) is 13.1 Å². The second-order valence-electron chi connectivity index (χ2n) is 6.02.